The third-order valence-electron chi connectivity index (χ3n) is 5.66. The molecule has 10 heteroatoms. The standard InChI is InChI=1S/C23H15F2N5O2S/c24-23(25)9-14(23)12-30-20-4-3-19(29-21(20)33-22(30)31)18-8-16(2-1-13(18)10-26)32-17-5-6-28-15(7-17)11-27/h1-2,4-8,14,19H,3,9,12H2. The Morgan fingerprint density at radius 3 is 2.73 bits per heavy atom. The van der Waals surface area contributed by atoms with E-state index in [0.29, 0.717) is 39.1 Å². The first-order chi connectivity index (χ1) is 15.9. The van der Waals surface area contributed by atoms with Crippen LogP contribution in [0.15, 0.2) is 46.3 Å². The van der Waals surface area contributed by atoms with Crippen molar-refractivity contribution in [3.8, 4) is 23.6 Å². The fourth-order valence-corrected chi connectivity index (χ4v) is 4.75. The molecule has 2 aromatic heterocycles. The lowest BCUT2D eigenvalue weighted by Crippen LogP contribution is -2.35. The average molecular weight is 463 g/mol. The Morgan fingerprint density at radius 2 is 2.00 bits per heavy atom. The van der Waals surface area contributed by atoms with E-state index in [1.165, 1.54) is 16.8 Å². The predicted octanol–water partition coefficient (Wildman–Crippen LogP) is 3.04. The molecule has 0 bridgehead atoms. The molecule has 1 aliphatic heterocycles. The van der Waals surface area contributed by atoms with Gasteiger partial charge in [0.2, 0.25) is 0 Å². The number of hydrogen-bond acceptors (Lipinski definition) is 7. The van der Waals surface area contributed by atoms with Gasteiger partial charge in [-0.1, -0.05) is 17.4 Å². The van der Waals surface area contributed by atoms with E-state index in [2.05, 4.69) is 16.0 Å². The smallest absolute Gasteiger partial charge is 0.309 e. The molecule has 0 spiro atoms. The van der Waals surface area contributed by atoms with E-state index >= 15 is 0 Å². The van der Waals surface area contributed by atoms with Gasteiger partial charge >= 0.3 is 4.87 Å². The van der Waals surface area contributed by atoms with Gasteiger partial charge in [-0.2, -0.15) is 10.5 Å². The van der Waals surface area contributed by atoms with Crippen molar-refractivity contribution in [1.82, 2.24) is 9.55 Å². The Labute approximate surface area is 190 Å². The van der Waals surface area contributed by atoms with Crippen molar-refractivity contribution in [3.63, 3.8) is 0 Å². The summed E-state index contributed by atoms with van der Waals surface area (Å²) in [7, 11) is 0. The van der Waals surface area contributed by atoms with Gasteiger partial charge < -0.3 is 4.74 Å². The van der Waals surface area contributed by atoms with Crippen LogP contribution in [0.25, 0.3) is 6.08 Å². The van der Waals surface area contributed by atoms with E-state index < -0.39 is 17.9 Å². The summed E-state index contributed by atoms with van der Waals surface area (Å²) in [4.78, 5) is 20.7. The second-order valence-corrected chi connectivity index (χ2v) is 8.81. The number of fused-ring (bicyclic) bond motifs is 1. The Balaban J connectivity index is 1.47. The number of pyridine rings is 1. The van der Waals surface area contributed by atoms with Gasteiger partial charge in [-0.3, -0.25) is 14.4 Å². The third-order valence-corrected chi connectivity index (χ3v) is 6.57. The van der Waals surface area contributed by atoms with Gasteiger partial charge in [-0.15, -0.1) is 0 Å². The molecule has 0 radical (unpaired) electrons. The van der Waals surface area contributed by atoms with Gasteiger partial charge in [0.05, 0.1) is 23.0 Å². The monoisotopic (exact) mass is 463 g/mol. The maximum Gasteiger partial charge on any atom is 0.309 e. The lowest BCUT2D eigenvalue weighted by Gasteiger charge is -2.16. The first-order valence-corrected chi connectivity index (χ1v) is 10.9. The molecule has 0 saturated heterocycles. The van der Waals surface area contributed by atoms with Crippen molar-refractivity contribution < 1.29 is 13.5 Å². The normalized spacial score (nSPS) is 19.9. The van der Waals surface area contributed by atoms with Crippen LogP contribution in [0.1, 0.15) is 35.7 Å². The zero-order valence-corrected chi connectivity index (χ0v) is 17.9. The predicted molar refractivity (Wildman–Crippen MR) is 114 cm³/mol. The Bertz CT molecular complexity index is 1530. The van der Waals surface area contributed by atoms with Crippen LogP contribution in [-0.2, 0) is 6.54 Å². The van der Waals surface area contributed by atoms with Crippen molar-refractivity contribution in [3.05, 3.63) is 73.0 Å². The highest BCUT2D eigenvalue weighted by atomic mass is 32.1. The topological polar surface area (TPSA) is 104 Å². The van der Waals surface area contributed by atoms with Crippen LogP contribution in [0.5, 0.6) is 11.5 Å². The van der Waals surface area contributed by atoms with Gasteiger partial charge in [0.1, 0.15) is 27.9 Å². The summed E-state index contributed by atoms with van der Waals surface area (Å²) in [6.07, 6.45) is 3.50. The Kier molecular flexibility index (Phi) is 5.03. The van der Waals surface area contributed by atoms with E-state index in [1.54, 1.807) is 24.3 Å². The second-order valence-electron chi connectivity index (χ2n) is 7.87. The maximum absolute atomic E-state index is 13.3. The van der Waals surface area contributed by atoms with Crippen LogP contribution in [0.2, 0.25) is 0 Å². The van der Waals surface area contributed by atoms with Gasteiger partial charge in [0.25, 0.3) is 5.92 Å². The number of benzene rings is 1. The molecule has 2 unspecified atom stereocenters. The molecule has 3 heterocycles. The molecule has 0 N–H and O–H groups in total. The molecular formula is C23H15F2N5O2S. The minimum Gasteiger partial charge on any atom is -0.457 e. The number of nitriles is 2. The van der Waals surface area contributed by atoms with Crippen molar-refractivity contribution in [1.29, 1.82) is 10.5 Å². The average Bonchev–Trinajstić information content (AvgIpc) is 3.30. The number of thiazole rings is 1. The van der Waals surface area contributed by atoms with E-state index in [4.69, 9.17) is 10.00 Å². The number of aromatic nitrogens is 2. The number of hydrogen-bond donors (Lipinski definition) is 0. The maximum atomic E-state index is 13.3. The highest BCUT2D eigenvalue weighted by molar-refractivity contribution is 7.06. The molecule has 1 fully saturated rings. The van der Waals surface area contributed by atoms with Crippen molar-refractivity contribution in [2.45, 2.75) is 31.4 Å². The second kappa shape index (κ2) is 7.91. The summed E-state index contributed by atoms with van der Waals surface area (Å²) < 4.78 is 34.4. The molecule has 1 aromatic carbocycles. The van der Waals surface area contributed by atoms with Gasteiger partial charge in [-0.25, -0.2) is 13.8 Å². The SMILES string of the molecule is N#Cc1cc(Oc2ccc(C#N)c(C3CC=c4c(sc(=O)n4CC4CC4(F)F)=N3)c2)ccn1. The largest absolute Gasteiger partial charge is 0.457 e. The minimum atomic E-state index is -2.70. The quantitative estimate of drug-likeness (QED) is 0.579. The molecule has 3 aromatic rings. The summed E-state index contributed by atoms with van der Waals surface area (Å²) in [5.41, 5.74) is 1.27. The molecule has 7 nitrogen and oxygen atoms in total. The van der Waals surface area contributed by atoms with E-state index in [0.717, 1.165) is 11.3 Å². The third kappa shape index (κ3) is 4.01. The fraction of sp³-hybridized carbons (Fsp3) is 0.261. The van der Waals surface area contributed by atoms with Crippen LogP contribution >= 0.6 is 11.3 Å². The molecule has 0 amide bonds. The van der Waals surface area contributed by atoms with Crippen LogP contribution in [0.3, 0.4) is 0 Å². The van der Waals surface area contributed by atoms with Gasteiger partial charge in [-0.05, 0) is 36.2 Å². The molecule has 33 heavy (non-hydrogen) atoms. The first kappa shape index (κ1) is 21.0. The zero-order chi connectivity index (χ0) is 23.2. The Hall–Kier alpha value is -3.89. The molecule has 5 rings (SSSR count). The Morgan fingerprint density at radius 1 is 1.21 bits per heavy atom. The lowest BCUT2D eigenvalue weighted by molar-refractivity contribution is 0.0948. The summed E-state index contributed by atoms with van der Waals surface area (Å²) in [5.74, 6) is -2.62. The zero-order valence-electron chi connectivity index (χ0n) is 17.0. The number of rotatable bonds is 5. The summed E-state index contributed by atoms with van der Waals surface area (Å²) in [5, 5.41) is 19.2. The van der Waals surface area contributed by atoms with Crippen LogP contribution in [0.4, 0.5) is 8.78 Å². The lowest BCUT2D eigenvalue weighted by atomic mass is 9.97. The van der Waals surface area contributed by atoms with Gasteiger partial charge in [0, 0.05) is 31.1 Å². The molecule has 1 aliphatic carbocycles. The highest BCUT2D eigenvalue weighted by Gasteiger charge is 2.56. The summed E-state index contributed by atoms with van der Waals surface area (Å²) in [6, 6.07) is 11.8. The molecule has 164 valence electrons. The summed E-state index contributed by atoms with van der Waals surface area (Å²) >= 11 is 0.922. The highest BCUT2D eigenvalue weighted by Crippen LogP contribution is 2.49. The molecule has 2 aliphatic rings. The number of ether oxygens (including phenoxy) is 1. The molecular weight excluding hydrogens is 448 g/mol. The first-order valence-electron chi connectivity index (χ1n) is 10.1. The van der Waals surface area contributed by atoms with Crippen LogP contribution in [0, 0.1) is 28.6 Å². The van der Waals surface area contributed by atoms with Crippen molar-refractivity contribution >= 4 is 17.4 Å². The molecule has 2 atom stereocenters. The van der Waals surface area contributed by atoms with Crippen LogP contribution < -0.4 is 19.6 Å². The summed E-state index contributed by atoms with van der Waals surface area (Å²) in [6.45, 7) is -0.0161. The number of alkyl halides is 2. The minimum absolute atomic E-state index is 0.0161. The number of halogens is 2. The number of nitrogens with zero attached hydrogens (tertiary/aromatic N) is 5. The molecule has 1 saturated carbocycles. The van der Waals surface area contributed by atoms with E-state index in [-0.39, 0.29) is 23.5 Å². The van der Waals surface area contributed by atoms with Crippen molar-refractivity contribution in [2.75, 3.05) is 0 Å². The van der Waals surface area contributed by atoms with E-state index in [1.807, 2.05) is 12.1 Å². The van der Waals surface area contributed by atoms with E-state index in [9.17, 15) is 18.8 Å². The van der Waals surface area contributed by atoms with Crippen molar-refractivity contribution in [2.24, 2.45) is 10.9 Å². The fourth-order valence-electron chi connectivity index (χ4n) is 3.82. The van der Waals surface area contributed by atoms with Gasteiger partial charge in [0.15, 0.2) is 0 Å². The van der Waals surface area contributed by atoms with Crippen LogP contribution in [-0.4, -0.2) is 15.5 Å².